The lowest BCUT2D eigenvalue weighted by Gasteiger charge is -2.32. The highest BCUT2D eigenvalue weighted by Gasteiger charge is 2.32. The zero-order valence-electron chi connectivity index (χ0n) is 13.9. The average Bonchev–Trinajstić information content (AvgIpc) is 3.17. The molecule has 1 aromatic heterocycles. The molecule has 1 aromatic rings. The summed E-state index contributed by atoms with van der Waals surface area (Å²) in [5.41, 5.74) is 1.17. The Hall–Kier alpha value is -1.95. The van der Waals surface area contributed by atoms with Gasteiger partial charge in [-0.2, -0.15) is 0 Å². The van der Waals surface area contributed by atoms with Crippen molar-refractivity contribution in [3.8, 4) is 0 Å². The van der Waals surface area contributed by atoms with E-state index >= 15 is 0 Å². The van der Waals surface area contributed by atoms with Crippen molar-refractivity contribution in [1.82, 2.24) is 15.2 Å². The fourth-order valence-electron chi connectivity index (χ4n) is 3.36. The molecule has 2 fully saturated rings. The van der Waals surface area contributed by atoms with E-state index in [0.29, 0.717) is 26.2 Å². The van der Waals surface area contributed by atoms with Gasteiger partial charge in [0.1, 0.15) is 6.10 Å². The summed E-state index contributed by atoms with van der Waals surface area (Å²) in [6.45, 7) is 2.63. The second-order valence-corrected chi connectivity index (χ2v) is 6.50. The van der Waals surface area contributed by atoms with E-state index in [1.165, 1.54) is 5.56 Å². The smallest absolute Gasteiger partial charge is 0.251 e. The highest BCUT2D eigenvalue weighted by atomic mass is 16.5. The molecule has 2 aliphatic heterocycles. The quantitative estimate of drug-likeness (QED) is 0.879. The number of rotatable bonds is 5. The maximum Gasteiger partial charge on any atom is 0.251 e. The molecule has 2 aliphatic rings. The van der Waals surface area contributed by atoms with Crippen molar-refractivity contribution in [2.75, 3.05) is 26.2 Å². The number of ether oxygens (including phenoxy) is 1. The average molecular weight is 331 g/mol. The Morgan fingerprint density at radius 2 is 1.96 bits per heavy atom. The molecule has 6 heteroatoms. The first-order valence-corrected chi connectivity index (χ1v) is 8.81. The van der Waals surface area contributed by atoms with Crippen molar-refractivity contribution in [3.63, 3.8) is 0 Å². The molecule has 0 spiro atoms. The predicted molar refractivity (Wildman–Crippen MR) is 89.2 cm³/mol. The molecule has 1 N–H and O–H groups in total. The van der Waals surface area contributed by atoms with E-state index in [1.807, 2.05) is 17.0 Å². The largest absolute Gasteiger partial charge is 0.368 e. The van der Waals surface area contributed by atoms with Gasteiger partial charge in [0.05, 0.1) is 0 Å². The van der Waals surface area contributed by atoms with E-state index in [2.05, 4.69) is 10.3 Å². The van der Waals surface area contributed by atoms with Crippen molar-refractivity contribution < 1.29 is 14.3 Å². The summed E-state index contributed by atoms with van der Waals surface area (Å²) in [6, 6.07) is 3.92. The molecule has 130 valence electrons. The summed E-state index contributed by atoms with van der Waals surface area (Å²) in [5, 5.41) is 3.01. The third kappa shape index (κ3) is 4.32. The Morgan fingerprint density at radius 3 is 2.62 bits per heavy atom. The minimum absolute atomic E-state index is 0.0102. The SMILES string of the molecule is O=C(NCCc1ccncc1)C1CCN(C(=O)[C@H]2CCCO2)CC1. The van der Waals surface area contributed by atoms with Crippen molar-refractivity contribution in [1.29, 1.82) is 0 Å². The van der Waals surface area contributed by atoms with Gasteiger partial charge in [0.2, 0.25) is 5.91 Å². The van der Waals surface area contributed by atoms with Crippen molar-refractivity contribution >= 4 is 11.8 Å². The van der Waals surface area contributed by atoms with Crippen LogP contribution in [0.3, 0.4) is 0 Å². The Morgan fingerprint density at radius 1 is 1.21 bits per heavy atom. The molecule has 0 aliphatic carbocycles. The van der Waals surface area contributed by atoms with Crippen LogP contribution in [0.1, 0.15) is 31.2 Å². The molecule has 1 atom stereocenters. The lowest BCUT2D eigenvalue weighted by Crippen LogP contribution is -2.46. The van der Waals surface area contributed by atoms with Gasteiger partial charge in [-0.1, -0.05) is 0 Å². The van der Waals surface area contributed by atoms with Gasteiger partial charge < -0.3 is 15.0 Å². The second-order valence-electron chi connectivity index (χ2n) is 6.50. The number of nitrogens with one attached hydrogen (secondary N) is 1. The molecule has 6 nitrogen and oxygen atoms in total. The predicted octanol–water partition coefficient (Wildman–Crippen LogP) is 1.16. The highest BCUT2D eigenvalue weighted by molar-refractivity contribution is 5.82. The van der Waals surface area contributed by atoms with E-state index in [0.717, 1.165) is 32.1 Å². The second kappa shape index (κ2) is 8.24. The van der Waals surface area contributed by atoms with E-state index in [-0.39, 0.29) is 23.8 Å². The van der Waals surface area contributed by atoms with Crippen molar-refractivity contribution in [2.45, 2.75) is 38.2 Å². The number of carbonyl (C=O) groups excluding carboxylic acids is 2. The number of hydrogen-bond acceptors (Lipinski definition) is 4. The molecule has 0 unspecified atom stereocenters. The number of nitrogens with zero attached hydrogens (tertiary/aromatic N) is 2. The van der Waals surface area contributed by atoms with E-state index in [1.54, 1.807) is 12.4 Å². The monoisotopic (exact) mass is 331 g/mol. The van der Waals surface area contributed by atoms with E-state index in [9.17, 15) is 9.59 Å². The first-order chi connectivity index (χ1) is 11.7. The minimum atomic E-state index is -0.254. The fraction of sp³-hybridized carbons (Fsp3) is 0.611. The zero-order chi connectivity index (χ0) is 16.8. The summed E-state index contributed by atoms with van der Waals surface area (Å²) >= 11 is 0. The summed E-state index contributed by atoms with van der Waals surface area (Å²) < 4.78 is 5.46. The molecule has 0 saturated carbocycles. The third-order valence-electron chi connectivity index (χ3n) is 4.84. The van der Waals surface area contributed by atoms with Gasteiger partial charge in [-0.25, -0.2) is 0 Å². The Balaban J connectivity index is 1.38. The number of amides is 2. The lowest BCUT2D eigenvalue weighted by atomic mass is 9.95. The molecular formula is C18H25N3O3. The lowest BCUT2D eigenvalue weighted by molar-refractivity contribution is -0.143. The maximum atomic E-state index is 12.3. The first-order valence-electron chi connectivity index (χ1n) is 8.81. The fourth-order valence-corrected chi connectivity index (χ4v) is 3.36. The van der Waals surface area contributed by atoms with Gasteiger partial charge in [0, 0.05) is 44.6 Å². The molecule has 3 heterocycles. The van der Waals surface area contributed by atoms with Crippen LogP contribution < -0.4 is 5.32 Å². The van der Waals surface area contributed by atoms with Gasteiger partial charge in [-0.05, 0) is 49.8 Å². The summed E-state index contributed by atoms with van der Waals surface area (Å²) in [7, 11) is 0. The minimum Gasteiger partial charge on any atom is -0.368 e. The molecule has 24 heavy (non-hydrogen) atoms. The maximum absolute atomic E-state index is 12.3. The molecule has 0 aromatic carbocycles. The van der Waals surface area contributed by atoms with Crippen LogP contribution in [-0.2, 0) is 20.7 Å². The Kier molecular flexibility index (Phi) is 5.80. The van der Waals surface area contributed by atoms with Crippen LogP contribution in [0.25, 0.3) is 0 Å². The summed E-state index contributed by atoms with van der Waals surface area (Å²) in [5.74, 6) is 0.216. The number of pyridine rings is 1. The number of piperidine rings is 1. The van der Waals surface area contributed by atoms with Gasteiger partial charge in [-0.15, -0.1) is 0 Å². The van der Waals surface area contributed by atoms with Crippen LogP contribution in [-0.4, -0.2) is 54.0 Å². The van der Waals surface area contributed by atoms with E-state index in [4.69, 9.17) is 4.74 Å². The normalized spacial score (nSPS) is 21.7. The molecule has 2 saturated heterocycles. The zero-order valence-corrected chi connectivity index (χ0v) is 13.9. The molecule has 3 rings (SSSR count). The summed E-state index contributed by atoms with van der Waals surface area (Å²) in [4.78, 5) is 30.4. The Bertz CT molecular complexity index is 550. The number of aromatic nitrogens is 1. The van der Waals surface area contributed by atoms with E-state index < -0.39 is 0 Å². The Labute approximate surface area is 142 Å². The van der Waals surface area contributed by atoms with Gasteiger partial charge >= 0.3 is 0 Å². The highest BCUT2D eigenvalue weighted by Crippen LogP contribution is 2.21. The standard InChI is InChI=1S/C18H25N3O3/c22-17(20-10-5-14-3-8-19-9-4-14)15-6-11-21(12-7-15)18(23)16-2-1-13-24-16/h3-4,8-9,15-16H,1-2,5-7,10-13H2,(H,20,22)/t16-/m1/s1. The molecule has 2 amide bonds. The van der Waals surface area contributed by atoms with Crippen LogP contribution in [0, 0.1) is 5.92 Å². The number of carbonyl (C=O) groups is 2. The molecule has 0 radical (unpaired) electrons. The van der Waals surface area contributed by atoms with Crippen molar-refractivity contribution in [3.05, 3.63) is 30.1 Å². The topological polar surface area (TPSA) is 71.5 Å². The van der Waals surface area contributed by atoms with Crippen LogP contribution in [0.4, 0.5) is 0 Å². The number of hydrogen-bond donors (Lipinski definition) is 1. The van der Waals surface area contributed by atoms with Crippen LogP contribution in [0.15, 0.2) is 24.5 Å². The van der Waals surface area contributed by atoms with Gasteiger partial charge in [0.25, 0.3) is 5.91 Å². The van der Waals surface area contributed by atoms with Crippen molar-refractivity contribution in [2.24, 2.45) is 5.92 Å². The molecule has 0 bridgehead atoms. The van der Waals surface area contributed by atoms with Crippen LogP contribution in [0.2, 0.25) is 0 Å². The summed E-state index contributed by atoms with van der Waals surface area (Å²) in [6.07, 6.45) is 7.34. The van der Waals surface area contributed by atoms with Crippen LogP contribution in [0.5, 0.6) is 0 Å². The van der Waals surface area contributed by atoms with Gasteiger partial charge in [-0.3, -0.25) is 14.6 Å². The first kappa shape index (κ1) is 16.9. The molecular weight excluding hydrogens is 306 g/mol. The van der Waals surface area contributed by atoms with Gasteiger partial charge in [0.15, 0.2) is 0 Å². The van der Waals surface area contributed by atoms with Crippen LogP contribution >= 0.6 is 0 Å². The number of likely N-dealkylation sites (tertiary alicyclic amines) is 1. The third-order valence-corrected chi connectivity index (χ3v) is 4.84.